The molecule has 7 nitrogen and oxygen atoms in total. The van der Waals surface area contributed by atoms with Crippen LogP contribution in [-0.4, -0.2) is 64.8 Å². The van der Waals surface area contributed by atoms with Crippen LogP contribution in [0.4, 0.5) is 5.95 Å². The third-order valence-corrected chi connectivity index (χ3v) is 4.94. The Kier molecular flexibility index (Phi) is 6.20. The fourth-order valence-electron chi connectivity index (χ4n) is 3.42. The zero-order valence-electron chi connectivity index (χ0n) is 15.4. The number of hydrogen-bond donors (Lipinski definition) is 1. The molecule has 1 aromatic heterocycles. The molecule has 1 aliphatic carbocycles. The zero-order chi connectivity index (χ0) is 18.4. The third kappa shape index (κ3) is 4.80. The molecule has 26 heavy (non-hydrogen) atoms. The number of nitrogens with zero attached hydrogens (tertiary/aromatic N) is 4. The van der Waals surface area contributed by atoms with Gasteiger partial charge in [0.25, 0.3) is 5.91 Å². The molecular formula is C19H27N5O2. The molecule has 2 amide bonds. The van der Waals surface area contributed by atoms with Crippen molar-refractivity contribution >= 4 is 18.3 Å². The predicted molar refractivity (Wildman–Crippen MR) is 100.0 cm³/mol. The average molecular weight is 357 g/mol. The molecule has 0 atom stereocenters. The number of nitrogens with one attached hydrogen (secondary N) is 1. The van der Waals surface area contributed by atoms with E-state index in [1.807, 2.05) is 6.92 Å². The Hall–Kier alpha value is -2.44. The van der Waals surface area contributed by atoms with E-state index < -0.39 is 0 Å². The molecule has 2 heterocycles. The van der Waals surface area contributed by atoms with Gasteiger partial charge < -0.3 is 15.1 Å². The number of hydrogen-bond acceptors (Lipinski definition) is 5. The van der Waals surface area contributed by atoms with E-state index >= 15 is 0 Å². The van der Waals surface area contributed by atoms with E-state index in [2.05, 4.69) is 21.4 Å². The van der Waals surface area contributed by atoms with Gasteiger partial charge in [-0.2, -0.15) is 0 Å². The molecule has 1 aromatic rings. The zero-order valence-corrected chi connectivity index (χ0v) is 15.4. The second-order valence-electron chi connectivity index (χ2n) is 6.94. The van der Waals surface area contributed by atoms with Gasteiger partial charge in [0.2, 0.25) is 12.4 Å². The van der Waals surface area contributed by atoms with Gasteiger partial charge in [0, 0.05) is 38.4 Å². The number of piperazine rings is 1. The Balaban J connectivity index is 1.59. The van der Waals surface area contributed by atoms with Crippen LogP contribution in [0.5, 0.6) is 0 Å². The maximum absolute atomic E-state index is 12.7. The summed E-state index contributed by atoms with van der Waals surface area (Å²) >= 11 is 0. The number of allylic oxidation sites excluding steroid dienone is 1. The SMILES string of the molecule is Cc1cc(C(=O)N2CCN(C=O)CC2)nc(NCCC2=CCCCC2)n1. The maximum atomic E-state index is 12.7. The first kappa shape index (κ1) is 18.4. The Morgan fingerprint density at radius 1 is 1.23 bits per heavy atom. The van der Waals surface area contributed by atoms with Gasteiger partial charge in [-0.05, 0) is 45.1 Å². The molecule has 0 bridgehead atoms. The Labute approximate surface area is 154 Å². The van der Waals surface area contributed by atoms with Crippen LogP contribution in [0.25, 0.3) is 0 Å². The van der Waals surface area contributed by atoms with Crippen LogP contribution in [0.1, 0.15) is 48.3 Å². The van der Waals surface area contributed by atoms with Crippen molar-refractivity contribution in [2.45, 2.75) is 39.0 Å². The molecule has 0 radical (unpaired) electrons. The highest BCUT2D eigenvalue weighted by Crippen LogP contribution is 2.20. The number of carbonyl (C=O) groups is 2. The third-order valence-electron chi connectivity index (χ3n) is 4.94. The van der Waals surface area contributed by atoms with Gasteiger partial charge >= 0.3 is 0 Å². The molecule has 1 fully saturated rings. The van der Waals surface area contributed by atoms with Crippen LogP contribution in [-0.2, 0) is 4.79 Å². The van der Waals surface area contributed by atoms with E-state index in [1.54, 1.807) is 15.9 Å². The number of anilines is 1. The number of aryl methyl sites for hydroxylation is 1. The number of amides is 2. The normalized spacial score (nSPS) is 17.7. The van der Waals surface area contributed by atoms with E-state index in [-0.39, 0.29) is 5.91 Å². The molecule has 1 N–H and O–H groups in total. The van der Waals surface area contributed by atoms with E-state index in [0.29, 0.717) is 37.8 Å². The topological polar surface area (TPSA) is 78.4 Å². The van der Waals surface area contributed by atoms with Crippen molar-refractivity contribution in [3.8, 4) is 0 Å². The summed E-state index contributed by atoms with van der Waals surface area (Å²) in [7, 11) is 0. The van der Waals surface area contributed by atoms with Crippen molar-refractivity contribution in [2.24, 2.45) is 0 Å². The smallest absolute Gasteiger partial charge is 0.272 e. The van der Waals surface area contributed by atoms with Crippen molar-refractivity contribution in [3.63, 3.8) is 0 Å². The summed E-state index contributed by atoms with van der Waals surface area (Å²) < 4.78 is 0. The first-order valence-electron chi connectivity index (χ1n) is 9.42. The predicted octanol–water partition coefficient (Wildman–Crippen LogP) is 2.00. The average Bonchev–Trinajstić information content (AvgIpc) is 2.68. The monoisotopic (exact) mass is 357 g/mol. The standard InChI is InChI=1S/C19H27N5O2/c1-15-13-17(18(26)24-11-9-23(14-25)10-12-24)22-19(21-15)20-8-7-16-5-3-2-4-6-16/h5,13-14H,2-4,6-12H2,1H3,(H,20,21,22). The van der Waals surface area contributed by atoms with Crippen LogP contribution in [0.15, 0.2) is 17.7 Å². The second kappa shape index (κ2) is 8.78. The summed E-state index contributed by atoms with van der Waals surface area (Å²) in [5, 5.41) is 3.26. The van der Waals surface area contributed by atoms with E-state index in [9.17, 15) is 9.59 Å². The van der Waals surface area contributed by atoms with Crippen molar-refractivity contribution in [2.75, 3.05) is 38.0 Å². The molecule has 0 spiro atoms. The van der Waals surface area contributed by atoms with Gasteiger partial charge in [-0.25, -0.2) is 9.97 Å². The molecule has 2 aliphatic rings. The van der Waals surface area contributed by atoms with Gasteiger partial charge in [-0.3, -0.25) is 9.59 Å². The van der Waals surface area contributed by atoms with Gasteiger partial charge in [-0.15, -0.1) is 0 Å². The molecule has 1 saturated heterocycles. The molecular weight excluding hydrogens is 330 g/mol. The highest BCUT2D eigenvalue weighted by Gasteiger charge is 2.23. The van der Waals surface area contributed by atoms with Gasteiger partial charge in [0.05, 0.1) is 0 Å². The minimum Gasteiger partial charge on any atom is -0.354 e. The maximum Gasteiger partial charge on any atom is 0.272 e. The van der Waals surface area contributed by atoms with Gasteiger partial charge in [0.15, 0.2) is 0 Å². The summed E-state index contributed by atoms with van der Waals surface area (Å²) in [5.74, 6) is 0.412. The molecule has 1 aliphatic heterocycles. The summed E-state index contributed by atoms with van der Waals surface area (Å²) in [6, 6.07) is 1.73. The lowest BCUT2D eigenvalue weighted by Crippen LogP contribution is -2.48. The Morgan fingerprint density at radius 3 is 2.73 bits per heavy atom. The Bertz CT molecular complexity index is 681. The molecule has 3 rings (SSSR count). The molecule has 0 aromatic carbocycles. The second-order valence-corrected chi connectivity index (χ2v) is 6.94. The van der Waals surface area contributed by atoms with E-state index in [4.69, 9.17) is 0 Å². The van der Waals surface area contributed by atoms with Crippen molar-refractivity contribution in [1.82, 2.24) is 19.8 Å². The fraction of sp³-hybridized carbons (Fsp3) is 0.579. The molecule has 140 valence electrons. The minimum absolute atomic E-state index is 0.0981. The highest BCUT2D eigenvalue weighted by atomic mass is 16.2. The van der Waals surface area contributed by atoms with Crippen molar-refractivity contribution < 1.29 is 9.59 Å². The van der Waals surface area contributed by atoms with Crippen LogP contribution in [0.3, 0.4) is 0 Å². The lowest BCUT2D eigenvalue weighted by molar-refractivity contribution is -0.119. The highest BCUT2D eigenvalue weighted by molar-refractivity contribution is 5.92. The first-order valence-corrected chi connectivity index (χ1v) is 9.42. The summed E-state index contributed by atoms with van der Waals surface area (Å²) in [6.45, 7) is 4.87. The van der Waals surface area contributed by atoms with E-state index in [0.717, 1.165) is 25.1 Å². The summed E-state index contributed by atoms with van der Waals surface area (Å²) in [4.78, 5) is 35.8. The quantitative estimate of drug-likeness (QED) is 0.622. The summed E-state index contributed by atoms with van der Waals surface area (Å²) in [6.07, 6.45) is 9.12. The number of carbonyl (C=O) groups excluding carboxylic acids is 2. The molecule has 0 unspecified atom stereocenters. The molecule has 0 saturated carbocycles. The van der Waals surface area contributed by atoms with Gasteiger partial charge in [-0.1, -0.05) is 11.6 Å². The summed E-state index contributed by atoms with van der Waals surface area (Å²) in [5.41, 5.74) is 2.69. The van der Waals surface area contributed by atoms with E-state index in [1.165, 1.54) is 31.3 Å². The minimum atomic E-state index is -0.0981. The van der Waals surface area contributed by atoms with Crippen LogP contribution in [0.2, 0.25) is 0 Å². The number of aromatic nitrogens is 2. The Morgan fingerprint density at radius 2 is 2.04 bits per heavy atom. The van der Waals surface area contributed by atoms with Crippen LogP contribution < -0.4 is 5.32 Å². The van der Waals surface area contributed by atoms with Crippen LogP contribution in [0, 0.1) is 6.92 Å². The lowest BCUT2D eigenvalue weighted by Gasteiger charge is -2.32. The lowest BCUT2D eigenvalue weighted by atomic mass is 9.97. The number of rotatable bonds is 6. The van der Waals surface area contributed by atoms with Crippen molar-refractivity contribution in [3.05, 3.63) is 29.1 Å². The van der Waals surface area contributed by atoms with Crippen molar-refractivity contribution in [1.29, 1.82) is 0 Å². The van der Waals surface area contributed by atoms with Crippen LogP contribution >= 0.6 is 0 Å². The fourth-order valence-corrected chi connectivity index (χ4v) is 3.42. The molecule has 7 heteroatoms. The van der Waals surface area contributed by atoms with Gasteiger partial charge in [0.1, 0.15) is 5.69 Å². The first-order chi connectivity index (χ1) is 12.7. The largest absolute Gasteiger partial charge is 0.354 e.